The summed E-state index contributed by atoms with van der Waals surface area (Å²) in [6.07, 6.45) is 0.231. The number of halogens is 1. The largest absolute Gasteiger partial charge is 0.496 e. The molecule has 1 heterocycles. The van der Waals surface area contributed by atoms with Crippen molar-refractivity contribution in [2.24, 2.45) is 0 Å². The molecule has 1 amide bonds. The third kappa shape index (κ3) is 5.57. The highest BCUT2D eigenvalue weighted by Crippen LogP contribution is 2.28. The second-order valence-corrected chi connectivity index (χ2v) is 6.89. The van der Waals surface area contributed by atoms with E-state index in [1.165, 1.54) is 44.6 Å². The Balaban J connectivity index is 1.80. The number of aromatic nitrogens is 2. The van der Waals surface area contributed by atoms with Gasteiger partial charge in [-0.15, -0.1) is 0 Å². The molecule has 0 fully saturated rings. The number of hydrogen-bond acceptors (Lipinski definition) is 6. The molecule has 0 aliphatic carbocycles. The molecule has 3 rings (SSSR count). The van der Waals surface area contributed by atoms with E-state index in [9.17, 15) is 18.8 Å². The molecule has 0 radical (unpaired) electrons. The summed E-state index contributed by atoms with van der Waals surface area (Å²) in [4.78, 5) is 37.0. The molecular formula is C23H22FN3O5. The Morgan fingerprint density at radius 2 is 1.84 bits per heavy atom. The van der Waals surface area contributed by atoms with E-state index in [-0.39, 0.29) is 12.2 Å². The minimum Gasteiger partial charge on any atom is -0.496 e. The van der Waals surface area contributed by atoms with E-state index in [0.717, 1.165) is 10.2 Å². The Labute approximate surface area is 183 Å². The molecule has 1 N–H and O–H groups in total. The van der Waals surface area contributed by atoms with Gasteiger partial charge in [-0.25, -0.2) is 13.9 Å². The van der Waals surface area contributed by atoms with Crippen molar-refractivity contribution in [1.82, 2.24) is 15.1 Å². The molecule has 0 bridgehead atoms. The van der Waals surface area contributed by atoms with Crippen molar-refractivity contribution in [2.45, 2.75) is 19.0 Å². The van der Waals surface area contributed by atoms with E-state index < -0.39 is 35.8 Å². The molecule has 2 aromatic carbocycles. The molecule has 0 aliphatic heterocycles. The lowest BCUT2D eigenvalue weighted by atomic mass is 10.1. The lowest BCUT2D eigenvalue weighted by Crippen LogP contribution is -2.45. The number of nitrogens with zero attached hydrogens (tertiary/aromatic N) is 2. The number of esters is 1. The Kier molecular flexibility index (Phi) is 7.33. The number of amides is 1. The summed E-state index contributed by atoms with van der Waals surface area (Å²) < 4.78 is 24.4. The lowest BCUT2D eigenvalue weighted by molar-refractivity contribution is -0.145. The maximum Gasteiger partial charge on any atom is 0.328 e. The third-order valence-corrected chi connectivity index (χ3v) is 4.70. The summed E-state index contributed by atoms with van der Waals surface area (Å²) in [6, 6.07) is 14.8. The minimum absolute atomic E-state index is 0.231. The maximum atomic E-state index is 13.5. The molecule has 9 heteroatoms. The van der Waals surface area contributed by atoms with Gasteiger partial charge in [-0.3, -0.25) is 9.59 Å². The summed E-state index contributed by atoms with van der Waals surface area (Å²) in [5.41, 5.74) is 1.11. The molecule has 0 saturated carbocycles. The van der Waals surface area contributed by atoms with Crippen LogP contribution in [0.3, 0.4) is 0 Å². The Hall–Kier alpha value is -4.01. The van der Waals surface area contributed by atoms with E-state index in [0.29, 0.717) is 11.3 Å². The van der Waals surface area contributed by atoms with Crippen molar-refractivity contribution >= 4 is 11.9 Å². The zero-order valence-corrected chi connectivity index (χ0v) is 17.6. The number of carbonyl (C=O) groups is 2. The second-order valence-electron chi connectivity index (χ2n) is 6.89. The van der Waals surface area contributed by atoms with E-state index in [1.807, 2.05) is 30.3 Å². The number of methoxy groups -OCH3 is 2. The molecule has 3 aromatic rings. The maximum absolute atomic E-state index is 13.5. The van der Waals surface area contributed by atoms with Crippen LogP contribution >= 0.6 is 0 Å². The SMILES string of the molecule is COC(=O)[C@H](Cc1ccccc1)NC(=O)Cn1nc(-c2ccc(F)cc2OC)ccc1=O. The van der Waals surface area contributed by atoms with Crippen LogP contribution in [0.2, 0.25) is 0 Å². The lowest BCUT2D eigenvalue weighted by Gasteiger charge is -2.17. The molecule has 1 aromatic heterocycles. The highest BCUT2D eigenvalue weighted by atomic mass is 19.1. The second kappa shape index (κ2) is 10.3. The first-order chi connectivity index (χ1) is 15.4. The molecule has 0 aliphatic rings. The zero-order valence-electron chi connectivity index (χ0n) is 17.6. The van der Waals surface area contributed by atoms with Crippen LogP contribution in [-0.4, -0.2) is 41.9 Å². The standard InChI is InChI=1S/C23H22FN3O5/c1-31-20-13-16(24)8-9-17(20)18-10-11-22(29)27(26-18)14-21(28)25-19(23(30)32-2)12-15-6-4-3-5-7-15/h3-11,13,19H,12,14H2,1-2H3,(H,25,28)/t19-/m0/s1. The topological polar surface area (TPSA) is 99.5 Å². The number of carbonyl (C=O) groups excluding carboxylic acids is 2. The van der Waals surface area contributed by atoms with Crippen LogP contribution in [0.4, 0.5) is 4.39 Å². The molecule has 8 nitrogen and oxygen atoms in total. The summed E-state index contributed by atoms with van der Waals surface area (Å²) >= 11 is 0. The van der Waals surface area contributed by atoms with Crippen LogP contribution in [0, 0.1) is 5.82 Å². The first kappa shape index (κ1) is 22.7. The summed E-state index contributed by atoms with van der Waals surface area (Å²) in [5.74, 6) is -1.44. The quantitative estimate of drug-likeness (QED) is 0.539. The van der Waals surface area contributed by atoms with Gasteiger partial charge in [0.15, 0.2) is 0 Å². The van der Waals surface area contributed by atoms with Crippen molar-refractivity contribution in [1.29, 1.82) is 0 Å². The monoisotopic (exact) mass is 439 g/mol. The van der Waals surface area contributed by atoms with Crippen LogP contribution in [0.1, 0.15) is 5.56 Å². The van der Waals surface area contributed by atoms with Gasteiger partial charge in [0.25, 0.3) is 5.56 Å². The number of benzene rings is 2. The summed E-state index contributed by atoms with van der Waals surface area (Å²) in [6.45, 7) is -0.418. The van der Waals surface area contributed by atoms with Crippen molar-refractivity contribution in [3.63, 3.8) is 0 Å². The van der Waals surface area contributed by atoms with Gasteiger partial charge in [0.05, 0.1) is 19.9 Å². The van der Waals surface area contributed by atoms with Gasteiger partial charge in [0.1, 0.15) is 24.2 Å². The van der Waals surface area contributed by atoms with Gasteiger partial charge in [-0.1, -0.05) is 30.3 Å². The van der Waals surface area contributed by atoms with Crippen molar-refractivity contribution in [2.75, 3.05) is 14.2 Å². The Morgan fingerprint density at radius 3 is 2.53 bits per heavy atom. The smallest absolute Gasteiger partial charge is 0.328 e. The average Bonchev–Trinajstić information content (AvgIpc) is 2.80. The van der Waals surface area contributed by atoms with Gasteiger partial charge < -0.3 is 14.8 Å². The molecule has 0 saturated heterocycles. The number of nitrogens with one attached hydrogen (secondary N) is 1. The van der Waals surface area contributed by atoms with Crippen LogP contribution in [0.5, 0.6) is 5.75 Å². The first-order valence-electron chi connectivity index (χ1n) is 9.74. The van der Waals surface area contributed by atoms with Crippen molar-refractivity contribution < 1.29 is 23.5 Å². The van der Waals surface area contributed by atoms with E-state index >= 15 is 0 Å². The molecule has 0 unspecified atom stereocenters. The molecule has 1 atom stereocenters. The van der Waals surface area contributed by atoms with Gasteiger partial charge >= 0.3 is 5.97 Å². The van der Waals surface area contributed by atoms with Crippen LogP contribution < -0.4 is 15.6 Å². The Morgan fingerprint density at radius 1 is 1.09 bits per heavy atom. The molecule has 32 heavy (non-hydrogen) atoms. The predicted octanol–water partition coefficient (Wildman–Crippen LogP) is 1.96. The first-order valence-corrected chi connectivity index (χ1v) is 9.74. The van der Waals surface area contributed by atoms with E-state index in [4.69, 9.17) is 9.47 Å². The Bertz CT molecular complexity index is 1160. The fraction of sp³-hybridized carbons (Fsp3) is 0.217. The predicted molar refractivity (Wildman–Crippen MR) is 115 cm³/mol. The summed E-state index contributed by atoms with van der Waals surface area (Å²) in [5, 5.41) is 6.80. The van der Waals surface area contributed by atoms with E-state index in [2.05, 4.69) is 10.4 Å². The average molecular weight is 439 g/mol. The van der Waals surface area contributed by atoms with E-state index in [1.54, 1.807) is 0 Å². The molecular weight excluding hydrogens is 417 g/mol. The highest BCUT2D eigenvalue weighted by Gasteiger charge is 2.22. The zero-order chi connectivity index (χ0) is 23.1. The minimum atomic E-state index is -0.925. The van der Waals surface area contributed by atoms with Gasteiger partial charge in [-0.05, 0) is 23.8 Å². The molecule has 0 spiro atoms. The number of rotatable bonds is 8. The van der Waals surface area contributed by atoms with Crippen LogP contribution in [0.15, 0.2) is 65.5 Å². The fourth-order valence-corrected chi connectivity index (χ4v) is 3.14. The van der Waals surface area contributed by atoms with Gasteiger partial charge in [0, 0.05) is 24.1 Å². The fourth-order valence-electron chi connectivity index (χ4n) is 3.14. The number of hydrogen-bond donors (Lipinski definition) is 1. The third-order valence-electron chi connectivity index (χ3n) is 4.70. The van der Waals surface area contributed by atoms with Gasteiger partial charge in [0.2, 0.25) is 5.91 Å². The van der Waals surface area contributed by atoms with Crippen LogP contribution in [-0.2, 0) is 27.3 Å². The normalized spacial score (nSPS) is 11.5. The van der Waals surface area contributed by atoms with Crippen LogP contribution in [0.25, 0.3) is 11.3 Å². The summed E-state index contributed by atoms with van der Waals surface area (Å²) in [7, 11) is 2.62. The molecule has 166 valence electrons. The highest BCUT2D eigenvalue weighted by molar-refractivity contribution is 5.84. The van der Waals surface area contributed by atoms with Crippen molar-refractivity contribution in [3.05, 3.63) is 82.4 Å². The van der Waals surface area contributed by atoms with Gasteiger partial charge in [-0.2, -0.15) is 5.10 Å². The number of ether oxygens (including phenoxy) is 2. The van der Waals surface area contributed by atoms with Crippen molar-refractivity contribution in [3.8, 4) is 17.0 Å².